The van der Waals surface area contributed by atoms with Gasteiger partial charge in [-0.1, -0.05) is 6.08 Å². The number of fused-ring (bicyclic) bond motifs is 1. The second-order valence-electron chi connectivity index (χ2n) is 5.87. The Balaban J connectivity index is 2.01. The number of amides is 2. The Hall–Kier alpha value is -2.76. The van der Waals surface area contributed by atoms with Gasteiger partial charge in [-0.2, -0.15) is 0 Å². The van der Waals surface area contributed by atoms with Gasteiger partial charge >= 0.3 is 0 Å². The molecule has 0 saturated heterocycles. The highest BCUT2D eigenvalue weighted by Gasteiger charge is 2.28. The average molecular weight is 343 g/mol. The maximum atomic E-state index is 12.7. The first kappa shape index (κ1) is 17.1. The maximum Gasteiger partial charge on any atom is 0.256 e. The van der Waals surface area contributed by atoms with E-state index >= 15 is 0 Å². The Morgan fingerprint density at radius 1 is 1.08 bits per heavy atom. The van der Waals surface area contributed by atoms with Crippen LogP contribution in [0.25, 0.3) is 6.08 Å². The second kappa shape index (κ2) is 7.01. The summed E-state index contributed by atoms with van der Waals surface area (Å²) in [4.78, 5) is 26.0. The highest BCUT2D eigenvalue weighted by molar-refractivity contribution is 6.10. The molecule has 1 heterocycles. The SMILES string of the molecule is COc1cc2c(c(OC)c1OC)CCC(C(=O)N1CCC=CC1=O)=C2. The Morgan fingerprint density at radius 2 is 1.84 bits per heavy atom. The first-order chi connectivity index (χ1) is 12.1. The van der Waals surface area contributed by atoms with E-state index in [0.29, 0.717) is 48.6 Å². The van der Waals surface area contributed by atoms with Crippen LogP contribution in [0.2, 0.25) is 0 Å². The van der Waals surface area contributed by atoms with Crippen LogP contribution in [-0.2, 0) is 16.0 Å². The van der Waals surface area contributed by atoms with E-state index in [9.17, 15) is 9.59 Å². The lowest BCUT2D eigenvalue weighted by molar-refractivity contribution is -0.139. The lowest BCUT2D eigenvalue weighted by atomic mass is 9.90. The maximum absolute atomic E-state index is 12.7. The van der Waals surface area contributed by atoms with Crippen molar-refractivity contribution in [3.8, 4) is 17.2 Å². The fraction of sp³-hybridized carbons (Fsp3) is 0.368. The van der Waals surface area contributed by atoms with E-state index in [4.69, 9.17) is 14.2 Å². The van der Waals surface area contributed by atoms with Crippen molar-refractivity contribution >= 4 is 17.9 Å². The molecule has 2 aliphatic rings. The van der Waals surface area contributed by atoms with Crippen LogP contribution in [0.4, 0.5) is 0 Å². The van der Waals surface area contributed by atoms with E-state index in [1.807, 2.05) is 12.1 Å². The molecule has 0 bridgehead atoms. The zero-order chi connectivity index (χ0) is 18.0. The molecule has 3 rings (SSSR count). The lowest BCUT2D eigenvalue weighted by Gasteiger charge is -2.26. The van der Waals surface area contributed by atoms with Gasteiger partial charge in [-0.25, -0.2) is 0 Å². The van der Waals surface area contributed by atoms with Crippen LogP contribution in [0, 0.1) is 0 Å². The molecule has 1 aliphatic carbocycles. The molecule has 2 amide bonds. The van der Waals surface area contributed by atoms with Crippen molar-refractivity contribution in [3.05, 3.63) is 34.9 Å². The predicted octanol–water partition coefficient (Wildman–Crippen LogP) is 2.36. The van der Waals surface area contributed by atoms with E-state index < -0.39 is 0 Å². The fourth-order valence-corrected chi connectivity index (χ4v) is 3.27. The topological polar surface area (TPSA) is 65.1 Å². The summed E-state index contributed by atoms with van der Waals surface area (Å²) in [5, 5.41) is 0. The molecular formula is C19H21NO5. The van der Waals surface area contributed by atoms with Gasteiger partial charge in [0, 0.05) is 17.7 Å². The molecule has 25 heavy (non-hydrogen) atoms. The molecule has 0 saturated carbocycles. The number of nitrogens with zero attached hydrogens (tertiary/aromatic N) is 1. The normalized spacial score (nSPS) is 16.2. The first-order valence-electron chi connectivity index (χ1n) is 8.15. The number of methoxy groups -OCH3 is 3. The molecule has 0 atom stereocenters. The monoisotopic (exact) mass is 343 g/mol. The summed E-state index contributed by atoms with van der Waals surface area (Å²) in [5.74, 6) is 1.22. The highest BCUT2D eigenvalue weighted by atomic mass is 16.5. The number of imide groups is 1. The summed E-state index contributed by atoms with van der Waals surface area (Å²) in [5.41, 5.74) is 2.44. The molecule has 0 spiro atoms. The summed E-state index contributed by atoms with van der Waals surface area (Å²) in [6.07, 6.45) is 6.94. The quantitative estimate of drug-likeness (QED) is 0.785. The molecule has 0 aromatic heterocycles. The first-order valence-corrected chi connectivity index (χ1v) is 8.15. The molecule has 6 heteroatoms. The zero-order valence-corrected chi connectivity index (χ0v) is 14.6. The van der Waals surface area contributed by atoms with Gasteiger partial charge in [0.25, 0.3) is 11.8 Å². The zero-order valence-electron chi connectivity index (χ0n) is 14.6. The molecule has 1 aromatic rings. The van der Waals surface area contributed by atoms with Crippen molar-refractivity contribution in [2.24, 2.45) is 0 Å². The van der Waals surface area contributed by atoms with Crippen LogP contribution in [0.15, 0.2) is 23.8 Å². The highest BCUT2D eigenvalue weighted by Crippen LogP contribution is 2.45. The molecule has 1 aliphatic heterocycles. The van der Waals surface area contributed by atoms with E-state index in [1.54, 1.807) is 27.4 Å². The number of carbonyl (C=O) groups is 2. The predicted molar refractivity (Wildman–Crippen MR) is 92.9 cm³/mol. The van der Waals surface area contributed by atoms with Crippen LogP contribution in [-0.4, -0.2) is 44.6 Å². The number of rotatable bonds is 4. The minimum Gasteiger partial charge on any atom is -0.493 e. The third-order valence-corrected chi connectivity index (χ3v) is 4.51. The Bertz CT molecular complexity index is 779. The number of ether oxygens (including phenoxy) is 3. The largest absolute Gasteiger partial charge is 0.493 e. The van der Waals surface area contributed by atoms with Crippen molar-refractivity contribution in [2.45, 2.75) is 19.3 Å². The van der Waals surface area contributed by atoms with Gasteiger partial charge in [0.1, 0.15) is 0 Å². The second-order valence-corrected chi connectivity index (χ2v) is 5.87. The standard InChI is InChI=1S/C19H21NO5/c1-23-15-11-13-10-12(19(22)20-9-5-4-6-16(20)21)7-8-14(13)17(24-2)18(15)25-3/h4,6,10-11H,5,7-9H2,1-3H3. The van der Waals surface area contributed by atoms with Gasteiger partial charge < -0.3 is 14.2 Å². The van der Waals surface area contributed by atoms with Gasteiger partial charge in [-0.05, 0) is 43.0 Å². The Kier molecular flexibility index (Phi) is 4.79. The van der Waals surface area contributed by atoms with Crippen molar-refractivity contribution < 1.29 is 23.8 Å². The molecule has 1 aromatic carbocycles. The lowest BCUT2D eigenvalue weighted by Crippen LogP contribution is -2.39. The number of benzene rings is 1. The van der Waals surface area contributed by atoms with Crippen LogP contribution in [0.3, 0.4) is 0 Å². The third kappa shape index (κ3) is 2.99. The van der Waals surface area contributed by atoms with Gasteiger partial charge in [0.15, 0.2) is 11.5 Å². The van der Waals surface area contributed by atoms with Crippen molar-refractivity contribution in [1.82, 2.24) is 4.90 Å². The summed E-state index contributed by atoms with van der Waals surface area (Å²) in [7, 11) is 4.71. The molecule has 0 N–H and O–H groups in total. The van der Waals surface area contributed by atoms with Crippen LogP contribution in [0.5, 0.6) is 17.2 Å². The van der Waals surface area contributed by atoms with E-state index in [-0.39, 0.29) is 11.8 Å². The molecule has 0 unspecified atom stereocenters. The smallest absolute Gasteiger partial charge is 0.256 e. The summed E-state index contributed by atoms with van der Waals surface area (Å²) in [6.45, 7) is 0.424. The fourth-order valence-electron chi connectivity index (χ4n) is 3.27. The van der Waals surface area contributed by atoms with Crippen molar-refractivity contribution in [2.75, 3.05) is 27.9 Å². The minimum absolute atomic E-state index is 0.228. The molecule has 0 radical (unpaired) electrons. The van der Waals surface area contributed by atoms with E-state index in [0.717, 1.165) is 11.1 Å². The molecule has 132 valence electrons. The third-order valence-electron chi connectivity index (χ3n) is 4.51. The van der Waals surface area contributed by atoms with Crippen LogP contribution < -0.4 is 14.2 Å². The van der Waals surface area contributed by atoms with Gasteiger partial charge in [-0.3, -0.25) is 14.5 Å². The van der Waals surface area contributed by atoms with Gasteiger partial charge in [0.2, 0.25) is 5.75 Å². The van der Waals surface area contributed by atoms with Crippen LogP contribution in [0.1, 0.15) is 24.0 Å². The molecule has 0 fully saturated rings. The number of hydrogen-bond acceptors (Lipinski definition) is 5. The van der Waals surface area contributed by atoms with Crippen molar-refractivity contribution in [3.63, 3.8) is 0 Å². The van der Waals surface area contributed by atoms with E-state index in [2.05, 4.69) is 0 Å². The molecular weight excluding hydrogens is 322 g/mol. The molecule has 6 nitrogen and oxygen atoms in total. The Labute approximate surface area is 146 Å². The summed E-state index contributed by atoms with van der Waals surface area (Å²) >= 11 is 0. The van der Waals surface area contributed by atoms with Gasteiger partial charge in [0.05, 0.1) is 21.3 Å². The number of carbonyl (C=O) groups excluding carboxylic acids is 2. The van der Waals surface area contributed by atoms with Gasteiger partial charge in [-0.15, -0.1) is 0 Å². The number of hydrogen-bond donors (Lipinski definition) is 0. The summed E-state index contributed by atoms with van der Waals surface area (Å²) < 4.78 is 16.3. The van der Waals surface area contributed by atoms with E-state index in [1.165, 1.54) is 11.0 Å². The minimum atomic E-state index is -0.257. The van der Waals surface area contributed by atoms with Crippen molar-refractivity contribution in [1.29, 1.82) is 0 Å². The Morgan fingerprint density at radius 3 is 2.48 bits per heavy atom. The average Bonchev–Trinajstić information content (AvgIpc) is 2.65. The summed E-state index contributed by atoms with van der Waals surface area (Å²) in [6, 6.07) is 1.83. The van der Waals surface area contributed by atoms with Crippen LogP contribution >= 0.6 is 0 Å².